The molecule has 22 heavy (non-hydrogen) atoms. The smallest absolute Gasteiger partial charge is 0.0945 e. The molecule has 1 spiro atoms. The van der Waals surface area contributed by atoms with Crippen LogP contribution in [-0.2, 0) is 4.74 Å². The van der Waals surface area contributed by atoms with Crippen LogP contribution in [0.2, 0.25) is 0 Å². The second kappa shape index (κ2) is 6.28. The molecule has 3 fully saturated rings. The van der Waals surface area contributed by atoms with Crippen molar-refractivity contribution in [3.8, 4) is 0 Å². The van der Waals surface area contributed by atoms with Gasteiger partial charge in [0, 0.05) is 12.2 Å². The minimum atomic E-state index is 0.299. The van der Waals surface area contributed by atoms with E-state index in [-0.39, 0.29) is 0 Å². The quantitative estimate of drug-likeness (QED) is 0.933. The molecule has 1 aliphatic heterocycles. The largest absolute Gasteiger partial charge is 0.377 e. The van der Waals surface area contributed by atoms with Gasteiger partial charge < -0.3 is 10.1 Å². The van der Waals surface area contributed by atoms with E-state index in [1.807, 2.05) is 10.9 Å². The lowest BCUT2D eigenvalue weighted by molar-refractivity contribution is 0.101. The number of nitrogens with one attached hydrogen (secondary N) is 1. The lowest BCUT2D eigenvalue weighted by Crippen LogP contribution is -2.46. The molecule has 2 saturated carbocycles. The minimum absolute atomic E-state index is 0.299. The van der Waals surface area contributed by atoms with Crippen molar-refractivity contribution in [3.05, 3.63) is 12.4 Å². The number of ether oxygens (including phenoxy) is 1. The first kappa shape index (κ1) is 14.6. The highest BCUT2D eigenvalue weighted by Gasteiger charge is 2.38. The molecular formula is C17H28N4O. The first-order chi connectivity index (χ1) is 10.8. The molecule has 0 radical (unpaired) electrons. The first-order valence-electron chi connectivity index (χ1n) is 9.04. The van der Waals surface area contributed by atoms with Crippen molar-refractivity contribution in [2.24, 2.45) is 5.41 Å². The Morgan fingerprint density at radius 1 is 1.05 bits per heavy atom. The second-order valence-electron chi connectivity index (χ2n) is 7.60. The van der Waals surface area contributed by atoms with Crippen molar-refractivity contribution < 1.29 is 4.74 Å². The van der Waals surface area contributed by atoms with Gasteiger partial charge in [-0.05, 0) is 43.9 Å². The predicted molar refractivity (Wildman–Crippen MR) is 84.6 cm³/mol. The van der Waals surface area contributed by atoms with E-state index < -0.39 is 0 Å². The summed E-state index contributed by atoms with van der Waals surface area (Å²) < 4.78 is 7.65. The fraction of sp³-hybridized carbons (Fsp3) is 0.882. The van der Waals surface area contributed by atoms with Crippen molar-refractivity contribution in [2.45, 2.75) is 75.9 Å². The van der Waals surface area contributed by atoms with Gasteiger partial charge in [0.2, 0.25) is 0 Å². The SMILES string of the molecule is c1cn([C@H]2COC[C@H]2NC2CCC3(CCCCC3)CC2)nn1. The Labute approximate surface area is 132 Å². The van der Waals surface area contributed by atoms with Crippen LogP contribution in [0.15, 0.2) is 12.4 Å². The molecule has 0 aromatic carbocycles. The summed E-state index contributed by atoms with van der Waals surface area (Å²) in [5.74, 6) is 0. The Morgan fingerprint density at radius 3 is 2.59 bits per heavy atom. The number of aromatic nitrogens is 3. The van der Waals surface area contributed by atoms with E-state index in [9.17, 15) is 0 Å². The molecule has 1 N–H and O–H groups in total. The van der Waals surface area contributed by atoms with E-state index in [1.54, 1.807) is 6.20 Å². The number of rotatable bonds is 3. The van der Waals surface area contributed by atoms with E-state index in [0.29, 0.717) is 23.5 Å². The number of hydrogen-bond acceptors (Lipinski definition) is 4. The summed E-state index contributed by atoms with van der Waals surface area (Å²) >= 11 is 0. The third-order valence-corrected chi connectivity index (χ3v) is 6.24. The molecule has 3 aliphatic rings. The molecule has 0 amide bonds. The molecule has 4 rings (SSSR count). The van der Waals surface area contributed by atoms with Gasteiger partial charge in [0.05, 0.1) is 31.5 Å². The van der Waals surface area contributed by atoms with Crippen LogP contribution in [0.5, 0.6) is 0 Å². The Morgan fingerprint density at radius 2 is 1.86 bits per heavy atom. The lowest BCUT2D eigenvalue weighted by Gasteiger charge is -2.43. The average molecular weight is 304 g/mol. The molecule has 2 aliphatic carbocycles. The normalized spacial score (nSPS) is 32.5. The molecule has 1 aromatic rings. The second-order valence-corrected chi connectivity index (χ2v) is 7.60. The summed E-state index contributed by atoms with van der Waals surface area (Å²) in [6, 6.07) is 1.34. The molecular weight excluding hydrogens is 276 g/mol. The third-order valence-electron chi connectivity index (χ3n) is 6.24. The van der Waals surface area contributed by atoms with Crippen molar-refractivity contribution in [1.29, 1.82) is 0 Å². The fourth-order valence-corrected chi connectivity index (χ4v) is 4.86. The van der Waals surface area contributed by atoms with Gasteiger partial charge in [-0.2, -0.15) is 0 Å². The summed E-state index contributed by atoms with van der Waals surface area (Å²) in [6.07, 6.45) is 16.6. The van der Waals surface area contributed by atoms with Gasteiger partial charge >= 0.3 is 0 Å². The van der Waals surface area contributed by atoms with Gasteiger partial charge in [-0.25, -0.2) is 4.68 Å². The van der Waals surface area contributed by atoms with Crippen LogP contribution in [0.1, 0.15) is 63.8 Å². The first-order valence-corrected chi connectivity index (χ1v) is 9.04. The minimum Gasteiger partial charge on any atom is -0.377 e. The zero-order valence-corrected chi connectivity index (χ0v) is 13.4. The summed E-state index contributed by atoms with van der Waals surface area (Å²) in [5, 5.41) is 12.0. The predicted octanol–water partition coefficient (Wildman–Crippen LogP) is 2.70. The van der Waals surface area contributed by atoms with Crippen LogP contribution in [0.25, 0.3) is 0 Å². The zero-order valence-electron chi connectivity index (χ0n) is 13.4. The molecule has 122 valence electrons. The van der Waals surface area contributed by atoms with Crippen LogP contribution in [0.4, 0.5) is 0 Å². The van der Waals surface area contributed by atoms with Gasteiger partial charge in [-0.15, -0.1) is 5.10 Å². The topological polar surface area (TPSA) is 52.0 Å². The molecule has 5 nitrogen and oxygen atoms in total. The molecule has 5 heteroatoms. The maximum absolute atomic E-state index is 5.69. The molecule has 2 atom stereocenters. The van der Waals surface area contributed by atoms with Crippen molar-refractivity contribution in [1.82, 2.24) is 20.3 Å². The standard InChI is InChI=1S/C17H28N4O/c1-2-6-17(7-3-1)8-4-14(5-9-17)19-15-12-22-13-16(15)21-11-10-18-20-21/h10-11,14-16,19H,1-9,12-13H2/t15-,16+/m1/s1. The lowest BCUT2D eigenvalue weighted by atomic mass is 9.64. The van der Waals surface area contributed by atoms with Gasteiger partial charge in [0.1, 0.15) is 0 Å². The highest BCUT2D eigenvalue weighted by molar-refractivity contribution is 4.94. The highest BCUT2D eigenvalue weighted by Crippen LogP contribution is 2.47. The van der Waals surface area contributed by atoms with Gasteiger partial charge in [-0.1, -0.05) is 24.5 Å². The van der Waals surface area contributed by atoms with Crippen LogP contribution < -0.4 is 5.32 Å². The average Bonchev–Trinajstić information content (AvgIpc) is 3.22. The van der Waals surface area contributed by atoms with E-state index >= 15 is 0 Å². The van der Waals surface area contributed by atoms with Gasteiger partial charge in [-0.3, -0.25) is 0 Å². The van der Waals surface area contributed by atoms with E-state index in [0.717, 1.165) is 13.2 Å². The van der Waals surface area contributed by atoms with E-state index in [4.69, 9.17) is 4.74 Å². The Kier molecular flexibility index (Phi) is 4.18. The van der Waals surface area contributed by atoms with Gasteiger partial charge in [0.25, 0.3) is 0 Å². The Balaban J connectivity index is 1.32. The molecule has 0 bridgehead atoms. The maximum atomic E-state index is 5.69. The number of hydrogen-bond donors (Lipinski definition) is 1. The molecule has 1 saturated heterocycles. The van der Waals surface area contributed by atoms with Crippen molar-refractivity contribution in [3.63, 3.8) is 0 Å². The molecule has 0 unspecified atom stereocenters. The van der Waals surface area contributed by atoms with Crippen LogP contribution in [0, 0.1) is 5.41 Å². The van der Waals surface area contributed by atoms with Gasteiger partial charge in [0.15, 0.2) is 0 Å². The van der Waals surface area contributed by atoms with Crippen LogP contribution in [0.3, 0.4) is 0 Å². The summed E-state index contributed by atoms with van der Waals surface area (Å²) in [5.41, 5.74) is 0.702. The Hall–Kier alpha value is -0.940. The third kappa shape index (κ3) is 2.93. The van der Waals surface area contributed by atoms with Crippen molar-refractivity contribution in [2.75, 3.05) is 13.2 Å². The number of nitrogens with zero attached hydrogens (tertiary/aromatic N) is 3. The summed E-state index contributed by atoms with van der Waals surface area (Å²) in [7, 11) is 0. The van der Waals surface area contributed by atoms with E-state index in [1.165, 1.54) is 57.8 Å². The maximum Gasteiger partial charge on any atom is 0.0945 e. The van der Waals surface area contributed by atoms with Crippen LogP contribution in [-0.4, -0.2) is 40.3 Å². The van der Waals surface area contributed by atoms with Crippen LogP contribution >= 0.6 is 0 Å². The summed E-state index contributed by atoms with van der Waals surface area (Å²) in [4.78, 5) is 0. The fourth-order valence-electron chi connectivity index (χ4n) is 4.86. The molecule has 1 aromatic heterocycles. The highest BCUT2D eigenvalue weighted by atomic mass is 16.5. The Bertz CT molecular complexity index is 459. The molecule has 2 heterocycles. The summed E-state index contributed by atoms with van der Waals surface area (Å²) in [6.45, 7) is 1.55. The zero-order chi connectivity index (χ0) is 14.8. The monoisotopic (exact) mass is 304 g/mol. The van der Waals surface area contributed by atoms with Crippen molar-refractivity contribution >= 4 is 0 Å². The van der Waals surface area contributed by atoms with E-state index in [2.05, 4.69) is 15.6 Å².